The van der Waals surface area contributed by atoms with Crippen molar-refractivity contribution in [3.8, 4) is 11.5 Å². The molecule has 146 valence electrons. The van der Waals surface area contributed by atoms with Gasteiger partial charge in [0.1, 0.15) is 5.82 Å². The molecule has 1 aromatic carbocycles. The average Bonchev–Trinajstić information content (AvgIpc) is 3.15. The van der Waals surface area contributed by atoms with Crippen LogP contribution in [0.2, 0.25) is 10.0 Å². The molecule has 28 heavy (non-hydrogen) atoms. The van der Waals surface area contributed by atoms with Crippen molar-refractivity contribution in [2.24, 2.45) is 0 Å². The van der Waals surface area contributed by atoms with Gasteiger partial charge in [-0.3, -0.25) is 0 Å². The van der Waals surface area contributed by atoms with Crippen LogP contribution in [-0.2, 0) is 11.3 Å². The number of benzene rings is 1. The Balaban J connectivity index is 1.37. The fraction of sp³-hybridized carbons (Fsp3) is 0.350. The van der Waals surface area contributed by atoms with Crippen LogP contribution in [0.5, 0.6) is 0 Å². The molecule has 0 N–H and O–H groups in total. The van der Waals surface area contributed by atoms with Crippen molar-refractivity contribution < 1.29 is 9.26 Å². The van der Waals surface area contributed by atoms with E-state index in [1.165, 1.54) is 0 Å². The highest BCUT2D eigenvalue weighted by molar-refractivity contribution is 6.42. The first-order valence-electron chi connectivity index (χ1n) is 9.16. The summed E-state index contributed by atoms with van der Waals surface area (Å²) < 4.78 is 11.4. The molecule has 8 heteroatoms. The van der Waals surface area contributed by atoms with E-state index in [4.69, 9.17) is 32.5 Å². The van der Waals surface area contributed by atoms with Crippen molar-refractivity contribution >= 4 is 29.0 Å². The standard InChI is InChI=1S/C20H20Cl2N4O2/c1-13-24-20(28-25-13)16-3-2-8-23-19(16)26-9-6-15(7-10-26)27-12-14-4-5-17(21)18(22)11-14/h2-5,8,11,15H,6-7,9-10,12H2,1H3. The third-order valence-electron chi connectivity index (χ3n) is 4.76. The summed E-state index contributed by atoms with van der Waals surface area (Å²) in [6.45, 7) is 4.03. The summed E-state index contributed by atoms with van der Waals surface area (Å²) in [6, 6.07) is 9.43. The van der Waals surface area contributed by atoms with Crippen LogP contribution in [0, 0.1) is 6.92 Å². The minimum absolute atomic E-state index is 0.198. The highest BCUT2D eigenvalue weighted by Gasteiger charge is 2.24. The van der Waals surface area contributed by atoms with Gasteiger partial charge < -0.3 is 14.2 Å². The lowest BCUT2D eigenvalue weighted by atomic mass is 10.1. The topological polar surface area (TPSA) is 64.3 Å². The second kappa shape index (κ2) is 8.47. The monoisotopic (exact) mass is 418 g/mol. The van der Waals surface area contributed by atoms with E-state index in [0.717, 1.165) is 42.9 Å². The predicted octanol–water partition coefficient (Wildman–Crippen LogP) is 4.93. The van der Waals surface area contributed by atoms with Gasteiger partial charge in [0.15, 0.2) is 5.82 Å². The quantitative estimate of drug-likeness (QED) is 0.584. The molecule has 0 saturated carbocycles. The average molecular weight is 419 g/mol. The zero-order valence-corrected chi connectivity index (χ0v) is 17.0. The maximum absolute atomic E-state index is 6.08. The number of nitrogens with zero attached hydrogens (tertiary/aromatic N) is 4. The summed E-state index contributed by atoms with van der Waals surface area (Å²) in [7, 11) is 0. The summed E-state index contributed by atoms with van der Waals surface area (Å²) in [5, 5.41) is 5.00. The number of aryl methyl sites for hydroxylation is 1. The highest BCUT2D eigenvalue weighted by Crippen LogP contribution is 2.30. The van der Waals surface area contributed by atoms with Gasteiger partial charge in [0.25, 0.3) is 5.89 Å². The lowest BCUT2D eigenvalue weighted by Gasteiger charge is -2.33. The molecule has 0 aliphatic carbocycles. The van der Waals surface area contributed by atoms with E-state index in [0.29, 0.717) is 28.4 Å². The Morgan fingerprint density at radius 1 is 1.18 bits per heavy atom. The molecule has 3 aromatic rings. The van der Waals surface area contributed by atoms with Crippen LogP contribution >= 0.6 is 23.2 Å². The van der Waals surface area contributed by atoms with Crippen LogP contribution in [-0.4, -0.2) is 34.3 Å². The third-order valence-corrected chi connectivity index (χ3v) is 5.49. The number of hydrogen-bond acceptors (Lipinski definition) is 6. The first-order chi connectivity index (χ1) is 13.6. The van der Waals surface area contributed by atoms with E-state index in [-0.39, 0.29) is 6.10 Å². The lowest BCUT2D eigenvalue weighted by Crippen LogP contribution is -2.37. The predicted molar refractivity (Wildman–Crippen MR) is 109 cm³/mol. The van der Waals surface area contributed by atoms with E-state index < -0.39 is 0 Å². The fourth-order valence-corrected chi connectivity index (χ4v) is 3.62. The molecule has 0 amide bonds. The third kappa shape index (κ3) is 4.29. The Labute approximate surface area is 173 Å². The zero-order valence-electron chi connectivity index (χ0n) is 15.4. The van der Waals surface area contributed by atoms with Gasteiger partial charge in [-0.1, -0.05) is 34.4 Å². The molecule has 0 spiro atoms. The number of aromatic nitrogens is 3. The van der Waals surface area contributed by atoms with E-state index in [1.54, 1.807) is 19.2 Å². The first-order valence-corrected chi connectivity index (χ1v) is 9.92. The number of pyridine rings is 1. The molecule has 3 heterocycles. The second-order valence-corrected chi connectivity index (χ2v) is 7.58. The Morgan fingerprint density at radius 2 is 2.00 bits per heavy atom. The van der Waals surface area contributed by atoms with E-state index in [2.05, 4.69) is 20.0 Å². The molecular weight excluding hydrogens is 399 g/mol. The maximum Gasteiger partial charge on any atom is 0.261 e. The molecule has 6 nitrogen and oxygen atoms in total. The SMILES string of the molecule is Cc1noc(-c2cccnc2N2CCC(OCc3ccc(Cl)c(Cl)c3)CC2)n1. The van der Waals surface area contributed by atoms with Gasteiger partial charge in [-0.25, -0.2) is 4.98 Å². The molecule has 0 bridgehead atoms. The molecule has 4 rings (SSSR count). The van der Waals surface area contributed by atoms with Crippen LogP contribution in [0.1, 0.15) is 24.2 Å². The van der Waals surface area contributed by atoms with Crippen LogP contribution in [0.3, 0.4) is 0 Å². The van der Waals surface area contributed by atoms with Crippen molar-refractivity contribution in [3.05, 3.63) is 58.0 Å². The molecular formula is C20H20Cl2N4O2. The zero-order chi connectivity index (χ0) is 19.5. The van der Waals surface area contributed by atoms with Crippen molar-refractivity contribution in [3.63, 3.8) is 0 Å². The number of ether oxygens (including phenoxy) is 1. The van der Waals surface area contributed by atoms with Gasteiger partial charge in [0, 0.05) is 19.3 Å². The van der Waals surface area contributed by atoms with Gasteiger partial charge >= 0.3 is 0 Å². The van der Waals surface area contributed by atoms with Gasteiger partial charge in [0.2, 0.25) is 0 Å². The van der Waals surface area contributed by atoms with E-state index in [9.17, 15) is 0 Å². The summed E-state index contributed by atoms with van der Waals surface area (Å²) in [5.41, 5.74) is 1.88. The molecule has 1 aliphatic rings. The minimum atomic E-state index is 0.198. The highest BCUT2D eigenvalue weighted by atomic mass is 35.5. The molecule has 1 aliphatic heterocycles. The number of hydrogen-bond donors (Lipinski definition) is 0. The van der Waals surface area contributed by atoms with Crippen LogP contribution < -0.4 is 4.90 Å². The molecule has 0 unspecified atom stereocenters. The fourth-order valence-electron chi connectivity index (χ4n) is 3.30. The lowest BCUT2D eigenvalue weighted by molar-refractivity contribution is 0.0251. The minimum Gasteiger partial charge on any atom is -0.373 e. The van der Waals surface area contributed by atoms with E-state index >= 15 is 0 Å². The van der Waals surface area contributed by atoms with Crippen molar-refractivity contribution in [1.29, 1.82) is 0 Å². The number of halogens is 2. The van der Waals surface area contributed by atoms with Crippen LogP contribution in [0.4, 0.5) is 5.82 Å². The number of rotatable bonds is 5. The van der Waals surface area contributed by atoms with Crippen molar-refractivity contribution in [2.45, 2.75) is 32.5 Å². The van der Waals surface area contributed by atoms with E-state index in [1.807, 2.05) is 24.3 Å². The van der Waals surface area contributed by atoms with Gasteiger partial charge in [-0.05, 0) is 49.6 Å². The van der Waals surface area contributed by atoms with Crippen LogP contribution in [0.15, 0.2) is 41.1 Å². The first kappa shape index (κ1) is 19.2. The molecule has 1 fully saturated rings. The Hall–Kier alpha value is -2.15. The van der Waals surface area contributed by atoms with Gasteiger partial charge in [0.05, 0.1) is 28.3 Å². The summed E-state index contributed by atoms with van der Waals surface area (Å²) in [5.74, 6) is 1.98. The van der Waals surface area contributed by atoms with Gasteiger partial charge in [-0.2, -0.15) is 4.98 Å². The van der Waals surface area contributed by atoms with Crippen LogP contribution in [0.25, 0.3) is 11.5 Å². The maximum atomic E-state index is 6.08. The summed E-state index contributed by atoms with van der Waals surface area (Å²) in [4.78, 5) is 11.1. The second-order valence-electron chi connectivity index (χ2n) is 6.77. The number of piperidine rings is 1. The van der Waals surface area contributed by atoms with Gasteiger partial charge in [-0.15, -0.1) is 0 Å². The molecule has 0 radical (unpaired) electrons. The summed E-state index contributed by atoms with van der Waals surface area (Å²) >= 11 is 12.0. The smallest absolute Gasteiger partial charge is 0.261 e. The molecule has 1 saturated heterocycles. The molecule has 0 atom stereocenters. The number of anilines is 1. The Bertz CT molecular complexity index is 955. The molecule has 2 aromatic heterocycles. The van der Waals surface area contributed by atoms with Crippen molar-refractivity contribution in [1.82, 2.24) is 15.1 Å². The Morgan fingerprint density at radius 3 is 2.71 bits per heavy atom. The largest absolute Gasteiger partial charge is 0.373 e. The summed E-state index contributed by atoms with van der Waals surface area (Å²) in [6.07, 6.45) is 3.82. The normalized spacial score (nSPS) is 15.2. The Kier molecular flexibility index (Phi) is 5.80. The van der Waals surface area contributed by atoms with Crippen molar-refractivity contribution in [2.75, 3.05) is 18.0 Å².